The molecule has 0 aromatic heterocycles. The van der Waals surface area contributed by atoms with Gasteiger partial charge in [-0.25, -0.2) is 8.42 Å². The molecule has 0 heterocycles. The Morgan fingerprint density at radius 2 is 2.00 bits per heavy atom. The minimum absolute atomic E-state index is 0.164. The second-order valence-electron chi connectivity index (χ2n) is 4.92. The topological polar surface area (TPSA) is 51.2 Å². The van der Waals surface area contributed by atoms with E-state index in [2.05, 4.69) is 6.92 Å². The third-order valence-electron chi connectivity index (χ3n) is 3.47. The van der Waals surface area contributed by atoms with Crippen LogP contribution in [-0.2, 0) is 14.6 Å². The maximum Gasteiger partial charge on any atom is 0.150 e. The van der Waals surface area contributed by atoms with Crippen molar-refractivity contribution in [3.63, 3.8) is 0 Å². The summed E-state index contributed by atoms with van der Waals surface area (Å²) < 4.78 is 22.5. The summed E-state index contributed by atoms with van der Waals surface area (Å²) in [4.78, 5) is 11.8. The lowest BCUT2D eigenvalue weighted by molar-refractivity contribution is -0.122. The largest absolute Gasteiger partial charge is 0.299 e. The molecule has 0 aliphatic heterocycles. The zero-order valence-electron chi connectivity index (χ0n) is 10.2. The number of sulfone groups is 1. The van der Waals surface area contributed by atoms with Gasteiger partial charge in [0.05, 0.1) is 5.75 Å². The molecule has 2 unspecified atom stereocenters. The van der Waals surface area contributed by atoms with Crippen molar-refractivity contribution < 1.29 is 13.2 Å². The van der Waals surface area contributed by atoms with Crippen molar-refractivity contribution in [3.8, 4) is 0 Å². The zero-order valence-corrected chi connectivity index (χ0v) is 11.1. The predicted molar refractivity (Wildman–Crippen MR) is 65.1 cm³/mol. The number of hydrogen-bond acceptors (Lipinski definition) is 3. The van der Waals surface area contributed by atoms with Gasteiger partial charge in [0.15, 0.2) is 0 Å². The van der Waals surface area contributed by atoms with Gasteiger partial charge in [-0.15, -0.1) is 0 Å². The van der Waals surface area contributed by atoms with E-state index in [-0.39, 0.29) is 23.2 Å². The van der Waals surface area contributed by atoms with Crippen molar-refractivity contribution in [1.29, 1.82) is 0 Å². The van der Waals surface area contributed by atoms with Gasteiger partial charge in [0.1, 0.15) is 15.6 Å². The first kappa shape index (κ1) is 13.7. The van der Waals surface area contributed by atoms with Crippen LogP contribution in [0.3, 0.4) is 0 Å². The average Bonchev–Trinajstić information content (AvgIpc) is 2.64. The minimum Gasteiger partial charge on any atom is -0.299 e. The number of hydrogen-bond donors (Lipinski definition) is 0. The molecule has 0 N–H and O–H groups in total. The van der Waals surface area contributed by atoms with Crippen molar-refractivity contribution >= 4 is 15.6 Å². The quantitative estimate of drug-likeness (QED) is 0.722. The first-order valence-electron chi connectivity index (χ1n) is 6.17. The Balaban J connectivity index is 2.26. The van der Waals surface area contributed by atoms with Gasteiger partial charge in [-0.05, 0) is 31.6 Å². The van der Waals surface area contributed by atoms with E-state index in [9.17, 15) is 13.2 Å². The van der Waals surface area contributed by atoms with E-state index < -0.39 is 9.84 Å². The van der Waals surface area contributed by atoms with Gasteiger partial charge < -0.3 is 0 Å². The molecule has 1 fully saturated rings. The van der Waals surface area contributed by atoms with E-state index in [1.165, 1.54) is 0 Å². The molecule has 4 heteroatoms. The average molecular weight is 246 g/mol. The molecule has 3 nitrogen and oxygen atoms in total. The van der Waals surface area contributed by atoms with Crippen LogP contribution < -0.4 is 0 Å². The number of Topliss-reactive ketones (excluding diaryl/α,β-unsaturated/α-hetero) is 1. The van der Waals surface area contributed by atoms with E-state index in [0.717, 1.165) is 19.3 Å². The van der Waals surface area contributed by atoms with Gasteiger partial charge >= 0.3 is 0 Å². The highest BCUT2D eigenvalue weighted by Crippen LogP contribution is 2.31. The SMILES string of the molecule is CCS(=O)(=O)CCCC(=O)C1CCC(C)C1. The molecule has 0 saturated heterocycles. The molecule has 2 atom stereocenters. The smallest absolute Gasteiger partial charge is 0.150 e. The molecule has 16 heavy (non-hydrogen) atoms. The number of carbonyl (C=O) groups is 1. The summed E-state index contributed by atoms with van der Waals surface area (Å²) in [5.74, 6) is 1.49. The Labute approximate surface area is 98.5 Å². The van der Waals surface area contributed by atoms with Crippen LogP contribution in [0.1, 0.15) is 46.0 Å². The highest BCUT2D eigenvalue weighted by molar-refractivity contribution is 7.91. The Morgan fingerprint density at radius 3 is 2.50 bits per heavy atom. The second-order valence-corrected chi connectivity index (χ2v) is 7.39. The molecule has 0 spiro atoms. The van der Waals surface area contributed by atoms with Crippen molar-refractivity contribution in [2.24, 2.45) is 11.8 Å². The van der Waals surface area contributed by atoms with Crippen molar-refractivity contribution in [3.05, 3.63) is 0 Å². The van der Waals surface area contributed by atoms with Crippen molar-refractivity contribution in [2.45, 2.75) is 46.0 Å². The molecule has 1 rings (SSSR count). The number of rotatable bonds is 6. The van der Waals surface area contributed by atoms with Crippen LogP contribution in [0.25, 0.3) is 0 Å². The van der Waals surface area contributed by atoms with Crippen LogP contribution in [0.2, 0.25) is 0 Å². The van der Waals surface area contributed by atoms with Crippen LogP contribution >= 0.6 is 0 Å². The summed E-state index contributed by atoms with van der Waals surface area (Å²) in [6.07, 6.45) is 4.08. The van der Waals surface area contributed by atoms with E-state index in [0.29, 0.717) is 18.8 Å². The maximum absolute atomic E-state index is 11.8. The second kappa shape index (κ2) is 5.80. The van der Waals surface area contributed by atoms with Gasteiger partial charge in [-0.3, -0.25) is 4.79 Å². The normalized spacial score (nSPS) is 25.9. The van der Waals surface area contributed by atoms with Crippen molar-refractivity contribution in [1.82, 2.24) is 0 Å². The molecular formula is C12H22O3S. The molecule has 0 radical (unpaired) electrons. The maximum atomic E-state index is 11.8. The fourth-order valence-corrected chi connectivity index (χ4v) is 3.19. The molecule has 0 amide bonds. The molecule has 1 aliphatic rings. The zero-order chi connectivity index (χ0) is 12.2. The highest BCUT2D eigenvalue weighted by atomic mass is 32.2. The van der Waals surface area contributed by atoms with E-state index in [1.807, 2.05) is 0 Å². The third-order valence-corrected chi connectivity index (χ3v) is 5.26. The van der Waals surface area contributed by atoms with E-state index >= 15 is 0 Å². The molecule has 1 aliphatic carbocycles. The molecule has 1 saturated carbocycles. The number of ketones is 1. The Hall–Kier alpha value is -0.380. The fourth-order valence-electron chi connectivity index (χ4n) is 2.31. The summed E-state index contributed by atoms with van der Waals surface area (Å²) >= 11 is 0. The molecule has 0 bridgehead atoms. The van der Waals surface area contributed by atoms with Gasteiger partial charge in [-0.2, -0.15) is 0 Å². The van der Waals surface area contributed by atoms with Gasteiger partial charge in [0, 0.05) is 18.1 Å². The van der Waals surface area contributed by atoms with Crippen LogP contribution in [0.5, 0.6) is 0 Å². The monoisotopic (exact) mass is 246 g/mol. The summed E-state index contributed by atoms with van der Waals surface area (Å²) in [6, 6.07) is 0. The van der Waals surface area contributed by atoms with Gasteiger partial charge in [0.25, 0.3) is 0 Å². The van der Waals surface area contributed by atoms with E-state index in [1.54, 1.807) is 6.92 Å². The first-order valence-corrected chi connectivity index (χ1v) is 8.00. The summed E-state index contributed by atoms with van der Waals surface area (Å²) in [7, 11) is -2.90. The molecule has 0 aromatic carbocycles. The summed E-state index contributed by atoms with van der Waals surface area (Å²) in [5, 5.41) is 0. The van der Waals surface area contributed by atoms with Gasteiger partial charge in [0.2, 0.25) is 0 Å². The Kier molecular flexibility index (Phi) is 4.96. The highest BCUT2D eigenvalue weighted by Gasteiger charge is 2.26. The van der Waals surface area contributed by atoms with E-state index in [4.69, 9.17) is 0 Å². The fraction of sp³-hybridized carbons (Fsp3) is 0.917. The number of carbonyl (C=O) groups excluding carboxylic acids is 1. The molecule has 94 valence electrons. The predicted octanol–water partition coefficient (Wildman–Crippen LogP) is 2.21. The summed E-state index contributed by atoms with van der Waals surface area (Å²) in [6.45, 7) is 3.82. The first-order chi connectivity index (χ1) is 7.44. The van der Waals surface area contributed by atoms with Gasteiger partial charge in [-0.1, -0.05) is 13.8 Å². The van der Waals surface area contributed by atoms with Crippen molar-refractivity contribution in [2.75, 3.05) is 11.5 Å². The molecular weight excluding hydrogens is 224 g/mol. The molecule has 0 aromatic rings. The Bertz CT molecular complexity index is 332. The summed E-state index contributed by atoms with van der Waals surface area (Å²) in [5.41, 5.74) is 0. The van der Waals surface area contributed by atoms with Crippen LogP contribution in [0.4, 0.5) is 0 Å². The van der Waals surface area contributed by atoms with Crippen LogP contribution in [0.15, 0.2) is 0 Å². The lowest BCUT2D eigenvalue weighted by Gasteiger charge is -2.08. The van der Waals surface area contributed by atoms with Crippen LogP contribution in [-0.4, -0.2) is 25.7 Å². The Morgan fingerprint density at radius 1 is 1.31 bits per heavy atom. The standard InChI is InChI=1S/C12H22O3S/c1-3-16(14,15)8-4-5-12(13)11-7-6-10(2)9-11/h10-11H,3-9H2,1-2H3. The minimum atomic E-state index is -2.90. The lowest BCUT2D eigenvalue weighted by Crippen LogP contribution is -2.14. The lowest BCUT2D eigenvalue weighted by atomic mass is 9.98. The third kappa shape index (κ3) is 4.24. The van der Waals surface area contributed by atoms with Crippen LogP contribution in [0, 0.1) is 11.8 Å².